The second-order valence-electron chi connectivity index (χ2n) is 3.84. The number of nitrogens with zero attached hydrogens (tertiary/aromatic N) is 2. The number of rotatable bonds is 5. The topological polar surface area (TPSA) is 59.2 Å². The Kier molecular flexibility index (Phi) is 4.69. The number of carbonyl (C=O) groups is 1. The zero-order valence-electron chi connectivity index (χ0n) is 10.4. The molecule has 2 N–H and O–H groups in total. The van der Waals surface area contributed by atoms with E-state index in [1.807, 2.05) is 6.92 Å². The molecule has 4 heteroatoms. The van der Waals surface area contributed by atoms with Gasteiger partial charge in [-0.05, 0) is 25.5 Å². The molecule has 0 aliphatic rings. The lowest BCUT2D eigenvalue weighted by molar-refractivity contribution is 0.0764. The number of hydrogen-bond acceptors (Lipinski definition) is 3. The molecular weight excluding hydrogens is 214 g/mol. The zero-order chi connectivity index (χ0) is 12.8. The summed E-state index contributed by atoms with van der Waals surface area (Å²) < 4.78 is 0. The predicted octanol–water partition coefficient (Wildman–Crippen LogP) is 1.88. The second-order valence-corrected chi connectivity index (χ2v) is 3.84. The van der Waals surface area contributed by atoms with Crippen LogP contribution in [0.25, 0.3) is 5.70 Å². The van der Waals surface area contributed by atoms with E-state index in [4.69, 9.17) is 5.73 Å². The van der Waals surface area contributed by atoms with Gasteiger partial charge in [0.25, 0.3) is 5.91 Å². The summed E-state index contributed by atoms with van der Waals surface area (Å²) in [6.07, 6.45) is 2.50. The molecule has 0 aliphatic heterocycles. The van der Waals surface area contributed by atoms with Crippen LogP contribution in [0, 0.1) is 0 Å². The molecule has 0 atom stereocenters. The van der Waals surface area contributed by atoms with Gasteiger partial charge >= 0.3 is 0 Å². The van der Waals surface area contributed by atoms with Crippen LogP contribution in [0.5, 0.6) is 0 Å². The number of nitrogens with two attached hydrogens (primary N) is 1. The Morgan fingerprint density at radius 1 is 1.47 bits per heavy atom. The maximum Gasteiger partial charge on any atom is 0.255 e. The first-order valence-electron chi connectivity index (χ1n) is 5.80. The van der Waals surface area contributed by atoms with Crippen molar-refractivity contribution in [1.29, 1.82) is 0 Å². The van der Waals surface area contributed by atoms with Gasteiger partial charge in [0.05, 0.1) is 17.0 Å². The molecule has 1 heterocycles. The molecule has 0 saturated heterocycles. The zero-order valence-corrected chi connectivity index (χ0v) is 10.4. The fourth-order valence-electron chi connectivity index (χ4n) is 1.57. The summed E-state index contributed by atoms with van der Waals surface area (Å²) >= 11 is 0. The highest BCUT2D eigenvalue weighted by molar-refractivity contribution is 5.94. The van der Waals surface area contributed by atoms with Crippen molar-refractivity contribution in [3.8, 4) is 0 Å². The van der Waals surface area contributed by atoms with Gasteiger partial charge in [-0.3, -0.25) is 9.78 Å². The van der Waals surface area contributed by atoms with E-state index in [9.17, 15) is 4.79 Å². The monoisotopic (exact) mass is 233 g/mol. The van der Waals surface area contributed by atoms with Crippen LogP contribution in [-0.2, 0) is 0 Å². The van der Waals surface area contributed by atoms with Crippen molar-refractivity contribution in [2.75, 3.05) is 13.1 Å². The van der Waals surface area contributed by atoms with E-state index in [-0.39, 0.29) is 5.91 Å². The summed E-state index contributed by atoms with van der Waals surface area (Å²) in [7, 11) is 0. The number of carbonyl (C=O) groups excluding carboxylic acids is 1. The minimum absolute atomic E-state index is 0.0102. The van der Waals surface area contributed by atoms with Gasteiger partial charge in [-0.25, -0.2) is 0 Å². The van der Waals surface area contributed by atoms with Crippen molar-refractivity contribution >= 4 is 11.6 Å². The highest BCUT2D eigenvalue weighted by Gasteiger charge is 2.13. The van der Waals surface area contributed by atoms with E-state index in [0.29, 0.717) is 23.5 Å². The Bertz CT molecular complexity index is 398. The Hall–Kier alpha value is -1.84. The van der Waals surface area contributed by atoms with Gasteiger partial charge in [0, 0.05) is 19.3 Å². The molecule has 0 radical (unpaired) electrons. The molecule has 0 aromatic carbocycles. The average molecular weight is 233 g/mol. The predicted molar refractivity (Wildman–Crippen MR) is 69.3 cm³/mol. The SMILES string of the molecule is C=C(N)c1ccc(C(=O)N(CC)CCC)cn1. The fraction of sp³-hybridized carbons (Fsp3) is 0.385. The Labute approximate surface area is 102 Å². The van der Waals surface area contributed by atoms with Gasteiger partial charge in [-0.15, -0.1) is 0 Å². The number of pyridine rings is 1. The molecule has 1 amide bonds. The molecule has 0 aliphatic carbocycles. The van der Waals surface area contributed by atoms with Crippen LogP contribution >= 0.6 is 0 Å². The third-order valence-corrected chi connectivity index (χ3v) is 2.50. The van der Waals surface area contributed by atoms with Crippen molar-refractivity contribution in [3.05, 3.63) is 36.2 Å². The average Bonchev–Trinajstić information content (AvgIpc) is 2.35. The van der Waals surface area contributed by atoms with Crippen LogP contribution in [0.4, 0.5) is 0 Å². The summed E-state index contributed by atoms with van der Waals surface area (Å²) in [5, 5.41) is 0. The van der Waals surface area contributed by atoms with Crippen LogP contribution in [0.1, 0.15) is 36.3 Å². The van der Waals surface area contributed by atoms with Gasteiger partial charge < -0.3 is 10.6 Å². The van der Waals surface area contributed by atoms with Crippen molar-refractivity contribution in [2.24, 2.45) is 5.73 Å². The van der Waals surface area contributed by atoms with Gasteiger partial charge in [-0.2, -0.15) is 0 Å². The van der Waals surface area contributed by atoms with Crippen molar-refractivity contribution < 1.29 is 4.79 Å². The molecule has 1 aromatic heterocycles. The van der Waals surface area contributed by atoms with E-state index in [0.717, 1.165) is 13.0 Å². The lowest BCUT2D eigenvalue weighted by atomic mass is 10.2. The Morgan fingerprint density at radius 3 is 2.59 bits per heavy atom. The molecule has 1 aromatic rings. The second kappa shape index (κ2) is 6.03. The fourth-order valence-corrected chi connectivity index (χ4v) is 1.57. The summed E-state index contributed by atoms with van der Waals surface area (Å²) in [6, 6.07) is 3.45. The first-order chi connectivity index (χ1) is 8.10. The van der Waals surface area contributed by atoms with Crippen LogP contribution in [0.3, 0.4) is 0 Å². The first-order valence-corrected chi connectivity index (χ1v) is 5.80. The largest absolute Gasteiger partial charge is 0.397 e. The standard InChI is InChI=1S/C13H19N3O/c1-4-8-16(5-2)13(17)11-6-7-12(10(3)14)15-9-11/h6-7,9H,3-5,8,14H2,1-2H3. The lowest BCUT2D eigenvalue weighted by Gasteiger charge is -2.19. The first kappa shape index (κ1) is 13.2. The third kappa shape index (κ3) is 3.31. The highest BCUT2D eigenvalue weighted by Crippen LogP contribution is 2.08. The number of amides is 1. The van der Waals surface area contributed by atoms with Crippen LogP contribution in [-0.4, -0.2) is 28.9 Å². The van der Waals surface area contributed by atoms with Crippen molar-refractivity contribution in [3.63, 3.8) is 0 Å². The highest BCUT2D eigenvalue weighted by atomic mass is 16.2. The Morgan fingerprint density at radius 2 is 2.18 bits per heavy atom. The van der Waals surface area contributed by atoms with Crippen LogP contribution < -0.4 is 5.73 Å². The van der Waals surface area contributed by atoms with Crippen molar-refractivity contribution in [2.45, 2.75) is 20.3 Å². The number of hydrogen-bond donors (Lipinski definition) is 1. The van der Waals surface area contributed by atoms with Crippen molar-refractivity contribution in [1.82, 2.24) is 9.88 Å². The van der Waals surface area contributed by atoms with Crippen LogP contribution in [0.2, 0.25) is 0 Å². The maximum absolute atomic E-state index is 12.1. The molecule has 0 saturated carbocycles. The molecule has 1 rings (SSSR count). The van der Waals surface area contributed by atoms with E-state index in [1.165, 1.54) is 0 Å². The van der Waals surface area contributed by atoms with Gasteiger partial charge in [0.1, 0.15) is 0 Å². The minimum atomic E-state index is 0.0102. The van der Waals surface area contributed by atoms with Gasteiger partial charge in [0.2, 0.25) is 0 Å². The van der Waals surface area contributed by atoms with E-state index in [1.54, 1.807) is 23.2 Å². The normalized spacial score (nSPS) is 10.0. The Balaban J connectivity index is 2.85. The van der Waals surface area contributed by atoms with Gasteiger partial charge in [-0.1, -0.05) is 13.5 Å². The van der Waals surface area contributed by atoms with Crippen LogP contribution in [0.15, 0.2) is 24.9 Å². The summed E-state index contributed by atoms with van der Waals surface area (Å²) in [6.45, 7) is 9.09. The molecule has 0 unspecified atom stereocenters. The molecule has 0 bridgehead atoms. The maximum atomic E-state index is 12.1. The molecule has 17 heavy (non-hydrogen) atoms. The molecule has 92 valence electrons. The lowest BCUT2D eigenvalue weighted by Crippen LogP contribution is -2.31. The summed E-state index contributed by atoms with van der Waals surface area (Å²) in [4.78, 5) is 18.0. The molecule has 4 nitrogen and oxygen atoms in total. The third-order valence-electron chi connectivity index (χ3n) is 2.50. The van der Waals surface area contributed by atoms with E-state index in [2.05, 4.69) is 18.5 Å². The summed E-state index contributed by atoms with van der Waals surface area (Å²) in [5.74, 6) is 0.0102. The quantitative estimate of drug-likeness (QED) is 0.844. The van der Waals surface area contributed by atoms with E-state index >= 15 is 0 Å². The minimum Gasteiger partial charge on any atom is -0.397 e. The van der Waals surface area contributed by atoms with Gasteiger partial charge in [0.15, 0.2) is 0 Å². The smallest absolute Gasteiger partial charge is 0.255 e. The summed E-state index contributed by atoms with van der Waals surface area (Å²) in [5.41, 5.74) is 7.13. The molecule has 0 fully saturated rings. The van der Waals surface area contributed by atoms with E-state index < -0.39 is 0 Å². The molecular formula is C13H19N3O. The number of aromatic nitrogens is 1. The molecule has 0 spiro atoms.